The van der Waals surface area contributed by atoms with Crippen LogP contribution in [0.15, 0.2) is 11.1 Å². The van der Waals surface area contributed by atoms with E-state index in [-0.39, 0.29) is 0 Å². The molecule has 0 aromatic rings. The first-order valence-corrected chi connectivity index (χ1v) is 7.58. The van der Waals surface area contributed by atoms with E-state index in [0.29, 0.717) is 16.2 Å². The lowest BCUT2D eigenvalue weighted by molar-refractivity contribution is -0.0218. The lowest BCUT2D eigenvalue weighted by Crippen LogP contribution is -2.44. The van der Waals surface area contributed by atoms with Crippen molar-refractivity contribution in [1.82, 2.24) is 0 Å². The maximum atomic E-state index is 2.45. The van der Waals surface area contributed by atoms with Crippen molar-refractivity contribution in [3.05, 3.63) is 11.1 Å². The van der Waals surface area contributed by atoms with Crippen molar-refractivity contribution in [2.24, 2.45) is 16.2 Å². The Bertz CT molecular complexity index is 300. The van der Waals surface area contributed by atoms with Gasteiger partial charge in [-0.1, -0.05) is 73.0 Å². The predicted molar refractivity (Wildman–Crippen MR) is 84.9 cm³/mol. The van der Waals surface area contributed by atoms with Crippen LogP contribution in [0, 0.1) is 16.2 Å². The molecule has 0 bridgehead atoms. The van der Waals surface area contributed by atoms with Crippen molar-refractivity contribution in [1.29, 1.82) is 0 Å². The molecule has 0 aliphatic heterocycles. The van der Waals surface area contributed by atoms with Gasteiger partial charge in [0.1, 0.15) is 0 Å². The molecule has 0 unspecified atom stereocenters. The van der Waals surface area contributed by atoms with Gasteiger partial charge in [0.15, 0.2) is 0 Å². The zero-order valence-electron chi connectivity index (χ0n) is 14.6. The second-order valence-electron chi connectivity index (χ2n) is 7.84. The summed E-state index contributed by atoms with van der Waals surface area (Å²) in [6.07, 6.45) is 3.63. The van der Waals surface area contributed by atoms with E-state index in [1.54, 1.807) is 11.1 Å². The molecule has 0 N–H and O–H groups in total. The fourth-order valence-corrected chi connectivity index (χ4v) is 2.69. The van der Waals surface area contributed by atoms with E-state index in [1.165, 1.54) is 19.3 Å². The molecule has 0 fully saturated rings. The van der Waals surface area contributed by atoms with Crippen molar-refractivity contribution in [3.63, 3.8) is 0 Å². The van der Waals surface area contributed by atoms with Crippen LogP contribution in [0.1, 0.15) is 88.5 Å². The molecule has 0 atom stereocenters. The molecule has 108 valence electrons. The fraction of sp³-hybridized carbons (Fsp3) is 0.889. The van der Waals surface area contributed by atoms with Crippen molar-refractivity contribution in [2.75, 3.05) is 0 Å². The van der Waals surface area contributed by atoms with Gasteiger partial charge in [-0.05, 0) is 42.9 Å². The Hall–Kier alpha value is -0.260. The van der Waals surface area contributed by atoms with Crippen molar-refractivity contribution in [3.8, 4) is 0 Å². The van der Waals surface area contributed by atoms with Gasteiger partial charge in [-0.2, -0.15) is 0 Å². The fourth-order valence-electron chi connectivity index (χ4n) is 2.69. The van der Waals surface area contributed by atoms with Gasteiger partial charge >= 0.3 is 0 Å². The number of hydrogen-bond acceptors (Lipinski definition) is 0. The summed E-state index contributed by atoms with van der Waals surface area (Å²) in [4.78, 5) is 0. The second-order valence-corrected chi connectivity index (χ2v) is 7.84. The van der Waals surface area contributed by atoms with E-state index in [2.05, 4.69) is 69.2 Å². The molecule has 0 aromatic carbocycles. The minimum Gasteiger partial charge on any atom is -0.0747 e. The molecule has 0 saturated heterocycles. The average molecular weight is 252 g/mol. The molecule has 0 radical (unpaired) electrons. The summed E-state index contributed by atoms with van der Waals surface area (Å²) in [6, 6.07) is 0. The average Bonchev–Trinajstić information content (AvgIpc) is 2.26. The zero-order chi connectivity index (χ0) is 14.8. The normalized spacial score (nSPS) is 15.7. The Morgan fingerprint density at radius 3 is 1.50 bits per heavy atom. The van der Waals surface area contributed by atoms with Gasteiger partial charge in [-0.15, -0.1) is 0 Å². The lowest BCUT2D eigenvalue weighted by Gasteiger charge is -2.52. The Morgan fingerprint density at radius 2 is 1.17 bits per heavy atom. The molecule has 0 heterocycles. The summed E-state index contributed by atoms with van der Waals surface area (Å²) in [5.74, 6) is 0. The maximum absolute atomic E-state index is 2.45. The van der Waals surface area contributed by atoms with Gasteiger partial charge in [-0.3, -0.25) is 0 Å². The largest absolute Gasteiger partial charge is 0.0747 e. The van der Waals surface area contributed by atoms with E-state index in [1.807, 2.05) is 0 Å². The third-order valence-electron chi connectivity index (χ3n) is 6.23. The first-order valence-electron chi connectivity index (χ1n) is 7.58. The molecule has 0 aromatic heterocycles. The SMILES string of the molecule is CC/C(C)=C(\C)CC(C)(C)C(C)(C)C(C)(C)CC. The van der Waals surface area contributed by atoms with Crippen LogP contribution in [-0.2, 0) is 0 Å². The first-order chi connectivity index (χ1) is 7.93. The highest BCUT2D eigenvalue weighted by atomic mass is 14.5. The van der Waals surface area contributed by atoms with E-state index in [0.717, 1.165) is 0 Å². The van der Waals surface area contributed by atoms with Crippen molar-refractivity contribution >= 4 is 0 Å². The zero-order valence-corrected chi connectivity index (χ0v) is 14.6. The van der Waals surface area contributed by atoms with Crippen molar-refractivity contribution < 1.29 is 0 Å². The minimum absolute atomic E-state index is 0.323. The molecule has 0 nitrogen and oxygen atoms in total. The summed E-state index contributed by atoms with van der Waals surface area (Å²) in [6.45, 7) is 23.8. The Kier molecular flexibility index (Phi) is 5.72. The summed E-state index contributed by atoms with van der Waals surface area (Å²) < 4.78 is 0. The van der Waals surface area contributed by atoms with Crippen LogP contribution in [0.3, 0.4) is 0 Å². The molecule has 0 aliphatic carbocycles. The number of rotatable bonds is 6. The van der Waals surface area contributed by atoms with Crippen LogP contribution in [-0.4, -0.2) is 0 Å². The van der Waals surface area contributed by atoms with E-state index in [4.69, 9.17) is 0 Å². The predicted octanol–water partition coefficient (Wildman–Crippen LogP) is 6.61. The summed E-state index contributed by atoms with van der Waals surface area (Å²) >= 11 is 0. The molecule has 18 heavy (non-hydrogen) atoms. The molecular formula is C18H36. The third kappa shape index (κ3) is 3.39. The van der Waals surface area contributed by atoms with Crippen LogP contribution in [0.25, 0.3) is 0 Å². The summed E-state index contributed by atoms with van der Waals surface area (Å²) in [5.41, 5.74) is 4.17. The monoisotopic (exact) mass is 252 g/mol. The summed E-state index contributed by atoms with van der Waals surface area (Å²) in [5, 5.41) is 0. The van der Waals surface area contributed by atoms with Gasteiger partial charge < -0.3 is 0 Å². The molecule has 0 spiro atoms. The van der Waals surface area contributed by atoms with E-state index < -0.39 is 0 Å². The molecule has 0 rings (SSSR count). The Morgan fingerprint density at radius 1 is 0.722 bits per heavy atom. The van der Waals surface area contributed by atoms with Gasteiger partial charge in [0, 0.05) is 0 Å². The number of hydrogen-bond donors (Lipinski definition) is 0. The molecule has 0 aliphatic rings. The van der Waals surface area contributed by atoms with Gasteiger partial charge in [0.25, 0.3) is 0 Å². The molecular weight excluding hydrogens is 216 g/mol. The van der Waals surface area contributed by atoms with Crippen LogP contribution in [0.5, 0.6) is 0 Å². The minimum atomic E-state index is 0.323. The first kappa shape index (κ1) is 17.7. The van der Waals surface area contributed by atoms with Gasteiger partial charge in [0.05, 0.1) is 0 Å². The van der Waals surface area contributed by atoms with Crippen LogP contribution < -0.4 is 0 Å². The van der Waals surface area contributed by atoms with Crippen molar-refractivity contribution in [2.45, 2.75) is 88.5 Å². The smallest absolute Gasteiger partial charge is 0.0249 e. The second kappa shape index (κ2) is 5.80. The van der Waals surface area contributed by atoms with Crippen LogP contribution in [0.2, 0.25) is 0 Å². The topological polar surface area (TPSA) is 0 Å². The lowest BCUT2D eigenvalue weighted by atomic mass is 9.52. The standard InChI is InChI=1S/C18H36/c1-11-14(3)15(4)13-17(7,8)18(9,10)16(5,6)12-2/h11-13H2,1-10H3/b15-14+. The Balaban J connectivity index is 5.27. The highest BCUT2D eigenvalue weighted by Crippen LogP contribution is 2.55. The van der Waals surface area contributed by atoms with Gasteiger partial charge in [-0.25, -0.2) is 0 Å². The van der Waals surface area contributed by atoms with Crippen LogP contribution in [0.4, 0.5) is 0 Å². The molecule has 0 heteroatoms. The highest BCUT2D eigenvalue weighted by molar-refractivity contribution is 5.13. The van der Waals surface area contributed by atoms with E-state index >= 15 is 0 Å². The summed E-state index contributed by atoms with van der Waals surface area (Å²) in [7, 11) is 0. The number of allylic oxidation sites excluding steroid dienone is 2. The Labute approximate surface area is 116 Å². The molecule has 0 amide bonds. The highest BCUT2D eigenvalue weighted by Gasteiger charge is 2.46. The third-order valence-corrected chi connectivity index (χ3v) is 6.23. The molecule has 0 saturated carbocycles. The van der Waals surface area contributed by atoms with E-state index in [9.17, 15) is 0 Å². The van der Waals surface area contributed by atoms with Gasteiger partial charge in [0.2, 0.25) is 0 Å². The maximum Gasteiger partial charge on any atom is -0.0249 e. The quantitative estimate of drug-likeness (QED) is 0.466. The van der Waals surface area contributed by atoms with Crippen LogP contribution >= 0.6 is 0 Å².